The van der Waals surface area contributed by atoms with Gasteiger partial charge in [-0.05, 0) is 56.0 Å². The lowest BCUT2D eigenvalue weighted by Crippen LogP contribution is -2.63. The fourth-order valence-electron chi connectivity index (χ4n) is 7.73. The molecule has 0 aromatic carbocycles. The van der Waals surface area contributed by atoms with Gasteiger partial charge in [-0.15, -0.1) is 18.3 Å². The summed E-state index contributed by atoms with van der Waals surface area (Å²) in [5, 5.41) is 27.2. The van der Waals surface area contributed by atoms with Crippen molar-refractivity contribution >= 4 is 35.5 Å². The number of esters is 1. The standard InChI is InChI=1S/C28H47NO4S.C4H4O4/c1-8-26(6)17-22(33-23(31)18-34-16-15-29(9-2)10-3)27(7)19(4)11-13-28(20(5)25(26)32)14-12-21(30)24(27)28;5-3(6)1-2-4(7)8/h8,19-20,22,24-25,32H,1,9-18H2,2-7H3;1-2H,(H,5,6)(H,7,8)/b;2-1+/t19-,20+,22-,24+,25+,26-,27-,28+;/m1./s1. The van der Waals surface area contributed by atoms with Crippen LogP contribution in [0.4, 0.5) is 0 Å². The molecule has 0 unspecified atom stereocenters. The zero-order valence-corrected chi connectivity index (χ0v) is 27.0. The van der Waals surface area contributed by atoms with E-state index in [0.29, 0.717) is 36.5 Å². The molecular weight excluding hydrogens is 558 g/mol. The topological polar surface area (TPSA) is 141 Å². The maximum Gasteiger partial charge on any atom is 0.328 e. The minimum atomic E-state index is -1.26. The van der Waals surface area contributed by atoms with E-state index in [2.05, 4.69) is 46.1 Å². The van der Waals surface area contributed by atoms with Crippen molar-refractivity contribution in [3.63, 3.8) is 0 Å². The number of aliphatic carboxylic acids is 2. The van der Waals surface area contributed by atoms with E-state index in [1.54, 1.807) is 11.8 Å². The van der Waals surface area contributed by atoms with Gasteiger partial charge in [0.15, 0.2) is 0 Å². The quantitative estimate of drug-likeness (QED) is 0.131. The normalized spacial score (nSPS) is 35.9. The summed E-state index contributed by atoms with van der Waals surface area (Å²) < 4.78 is 6.30. The number of rotatable bonds is 11. The molecule has 0 saturated heterocycles. The van der Waals surface area contributed by atoms with Crippen molar-refractivity contribution in [3.05, 3.63) is 24.8 Å². The Bertz CT molecular complexity index is 1010. The fourth-order valence-corrected chi connectivity index (χ4v) is 8.49. The average molecular weight is 610 g/mol. The molecule has 3 fully saturated rings. The molecule has 0 amide bonds. The maximum absolute atomic E-state index is 13.4. The number of aliphatic hydroxyl groups is 1. The van der Waals surface area contributed by atoms with Gasteiger partial charge >= 0.3 is 17.9 Å². The molecule has 9 nitrogen and oxygen atoms in total. The molecule has 3 rings (SSSR count). The van der Waals surface area contributed by atoms with E-state index in [-0.39, 0.29) is 29.1 Å². The van der Waals surface area contributed by atoms with Crippen molar-refractivity contribution in [3.8, 4) is 0 Å². The monoisotopic (exact) mass is 609 g/mol. The molecule has 42 heavy (non-hydrogen) atoms. The largest absolute Gasteiger partial charge is 0.478 e. The van der Waals surface area contributed by atoms with Crippen molar-refractivity contribution in [1.82, 2.24) is 4.90 Å². The molecule has 3 aliphatic rings. The zero-order valence-electron chi connectivity index (χ0n) is 26.1. The van der Waals surface area contributed by atoms with Gasteiger partial charge in [-0.2, -0.15) is 0 Å². The Labute approximate surface area is 255 Å². The summed E-state index contributed by atoms with van der Waals surface area (Å²) in [6.07, 6.45) is 5.76. The lowest BCUT2D eigenvalue weighted by Gasteiger charge is -2.61. The fraction of sp³-hybridized carbons (Fsp3) is 0.750. The molecule has 3 saturated carbocycles. The smallest absolute Gasteiger partial charge is 0.328 e. The van der Waals surface area contributed by atoms with Crippen LogP contribution < -0.4 is 0 Å². The molecule has 0 spiro atoms. The van der Waals surface area contributed by atoms with Crippen molar-refractivity contribution in [2.75, 3.05) is 31.1 Å². The second-order valence-electron chi connectivity index (χ2n) is 12.7. The third-order valence-electron chi connectivity index (χ3n) is 10.6. The van der Waals surface area contributed by atoms with Crippen molar-refractivity contribution in [2.24, 2.45) is 34.0 Å². The zero-order chi connectivity index (χ0) is 31.9. The van der Waals surface area contributed by atoms with Gasteiger partial charge in [0, 0.05) is 47.6 Å². The van der Waals surface area contributed by atoms with Crippen LogP contribution in [0.3, 0.4) is 0 Å². The number of nitrogens with zero attached hydrogens (tertiary/aromatic N) is 1. The number of ether oxygens (including phenoxy) is 1. The van der Waals surface area contributed by atoms with Crippen molar-refractivity contribution in [2.45, 2.75) is 85.9 Å². The summed E-state index contributed by atoms with van der Waals surface area (Å²) in [5.74, 6) is -1.14. The molecule has 10 heteroatoms. The van der Waals surface area contributed by atoms with Gasteiger partial charge in [0.1, 0.15) is 11.9 Å². The summed E-state index contributed by atoms with van der Waals surface area (Å²) in [4.78, 5) is 48.0. The van der Waals surface area contributed by atoms with Crippen LogP contribution in [-0.2, 0) is 23.9 Å². The van der Waals surface area contributed by atoms with Gasteiger partial charge in [-0.25, -0.2) is 9.59 Å². The molecule has 0 aromatic heterocycles. The average Bonchev–Trinajstić information content (AvgIpc) is 3.30. The number of carboxylic acids is 2. The lowest BCUT2D eigenvalue weighted by molar-refractivity contribution is -0.205. The highest BCUT2D eigenvalue weighted by molar-refractivity contribution is 7.99. The summed E-state index contributed by atoms with van der Waals surface area (Å²) in [6, 6.07) is 0. The summed E-state index contributed by atoms with van der Waals surface area (Å²) in [5.41, 5.74) is -1.25. The number of ketones is 1. The number of thioether (sulfide) groups is 1. The molecule has 3 aliphatic carbocycles. The Kier molecular flexibility index (Phi) is 12.9. The number of hydrogen-bond donors (Lipinski definition) is 3. The lowest BCUT2D eigenvalue weighted by atomic mass is 9.44. The minimum absolute atomic E-state index is 0.00828. The van der Waals surface area contributed by atoms with E-state index in [4.69, 9.17) is 14.9 Å². The summed E-state index contributed by atoms with van der Waals surface area (Å²) >= 11 is 1.61. The molecule has 3 N–H and O–H groups in total. The van der Waals surface area contributed by atoms with E-state index >= 15 is 0 Å². The number of aliphatic hydroxyl groups excluding tert-OH is 1. The van der Waals surface area contributed by atoms with Crippen LogP contribution in [0, 0.1) is 34.0 Å². The predicted octanol–water partition coefficient (Wildman–Crippen LogP) is 4.68. The molecule has 0 aromatic rings. The summed E-state index contributed by atoms with van der Waals surface area (Å²) in [7, 11) is 0. The van der Waals surface area contributed by atoms with Crippen LogP contribution in [0.25, 0.3) is 0 Å². The first-order valence-corrected chi connectivity index (χ1v) is 16.3. The second kappa shape index (κ2) is 15.0. The van der Waals surface area contributed by atoms with E-state index < -0.39 is 35.0 Å². The Morgan fingerprint density at radius 2 is 1.69 bits per heavy atom. The molecule has 0 radical (unpaired) electrons. The SMILES string of the molecule is C=C[C@]1(C)C[C@@H](OC(=O)CSCCN(CC)CC)[C@@]2(C)[C@H](C)CC[C@]3(CCC(=O)[C@H]32)[C@@H](C)[C@@H]1O.O=C(O)/C=C/C(=O)O. The Hall–Kier alpha value is -2.17. The van der Waals surface area contributed by atoms with E-state index in [1.165, 1.54) is 0 Å². The third kappa shape index (κ3) is 7.66. The second-order valence-corrected chi connectivity index (χ2v) is 13.8. The van der Waals surface area contributed by atoms with Crippen LogP contribution in [0.1, 0.15) is 73.6 Å². The summed E-state index contributed by atoms with van der Waals surface area (Å²) in [6.45, 7) is 20.0. The van der Waals surface area contributed by atoms with E-state index in [0.717, 1.165) is 44.6 Å². The Morgan fingerprint density at radius 1 is 1.10 bits per heavy atom. The van der Waals surface area contributed by atoms with E-state index in [9.17, 15) is 24.3 Å². The Balaban J connectivity index is 0.000000675. The molecule has 2 bridgehead atoms. The van der Waals surface area contributed by atoms with Gasteiger partial charge in [-0.3, -0.25) is 9.59 Å². The highest BCUT2D eigenvalue weighted by Gasteiger charge is 2.68. The minimum Gasteiger partial charge on any atom is -0.478 e. The van der Waals surface area contributed by atoms with Crippen LogP contribution in [0.5, 0.6) is 0 Å². The van der Waals surface area contributed by atoms with Gasteiger partial charge in [0.05, 0.1) is 11.9 Å². The van der Waals surface area contributed by atoms with Gasteiger partial charge in [-0.1, -0.05) is 47.6 Å². The number of hydrogen-bond acceptors (Lipinski definition) is 8. The van der Waals surface area contributed by atoms with Gasteiger partial charge < -0.3 is 25.0 Å². The first-order chi connectivity index (χ1) is 19.6. The van der Waals surface area contributed by atoms with Gasteiger partial charge in [0.25, 0.3) is 0 Å². The number of Topliss-reactive ketones (excluding diaryl/α,β-unsaturated/α-hetero) is 1. The molecule has 8 atom stereocenters. The number of carbonyl (C=O) groups is 4. The third-order valence-corrected chi connectivity index (χ3v) is 11.5. The number of carboxylic acid groups (broad SMARTS) is 2. The van der Waals surface area contributed by atoms with Crippen molar-refractivity contribution < 1.29 is 39.2 Å². The predicted molar refractivity (Wildman–Crippen MR) is 164 cm³/mol. The first-order valence-electron chi connectivity index (χ1n) is 15.1. The van der Waals surface area contributed by atoms with Crippen molar-refractivity contribution in [1.29, 1.82) is 0 Å². The molecule has 0 heterocycles. The highest BCUT2D eigenvalue weighted by atomic mass is 32.2. The maximum atomic E-state index is 13.4. The van der Waals surface area contributed by atoms with Gasteiger partial charge in [0.2, 0.25) is 0 Å². The molecular formula is C32H51NO8S. The van der Waals surface area contributed by atoms with Crippen LogP contribution in [-0.4, -0.2) is 87.3 Å². The Morgan fingerprint density at radius 3 is 2.21 bits per heavy atom. The highest BCUT2D eigenvalue weighted by Crippen LogP contribution is 2.68. The molecule has 238 valence electrons. The van der Waals surface area contributed by atoms with Crippen LogP contribution >= 0.6 is 11.8 Å². The van der Waals surface area contributed by atoms with Crippen LogP contribution in [0.15, 0.2) is 24.8 Å². The van der Waals surface area contributed by atoms with E-state index in [1.807, 2.05) is 13.0 Å². The molecule has 0 aliphatic heterocycles. The first kappa shape index (κ1) is 36.0. The van der Waals surface area contributed by atoms with Crippen LogP contribution in [0.2, 0.25) is 0 Å². The number of carbonyl (C=O) groups excluding carboxylic acids is 2.